The Balaban J connectivity index is 1.26. The molecule has 192 valence electrons. The van der Waals surface area contributed by atoms with Gasteiger partial charge in [-0.05, 0) is 47.9 Å². The summed E-state index contributed by atoms with van der Waals surface area (Å²) in [5, 5.41) is 16.4. The zero-order valence-electron chi connectivity index (χ0n) is 20.7. The van der Waals surface area contributed by atoms with Gasteiger partial charge in [-0.15, -0.1) is 0 Å². The van der Waals surface area contributed by atoms with Crippen LogP contribution in [0.1, 0.15) is 37.5 Å². The minimum absolute atomic E-state index is 0.129. The Morgan fingerprint density at radius 1 is 0.974 bits per heavy atom. The number of carbonyl (C=O) groups is 3. The topological polar surface area (TPSA) is 143 Å². The molecule has 4 N–H and O–H groups in total. The summed E-state index contributed by atoms with van der Waals surface area (Å²) in [7, 11) is 1.81. The van der Waals surface area contributed by atoms with Crippen LogP contribution in [0.5, 0.6) is 0 Å². The zero-order valence-corrected chi connectivity index (χ0v) is 20.7. The van der Waals surface area contributed by atoms with E-state index < -0.39 is 5.97 Å². The second kappa shape index (κ2) is 10.2. The van der Waals surface area contributed by atoms with E-state index in [4.69, 9.17) is 5.73 Å². The number of likely N-dealkylation sites (tertiary alicyclic amines) is 1. The van der Waals surface area contributed by atoms with E-state index in [0.717, 1.165) is 16.7 Å². The maximum atomic E-state index is 13.2. The van der Waals surface area contributed by atoms with Gasteiger partial charge in [-0.1, -0.05) is 24.3 Å². The highest BCUT2D eigenvalue weighted by Gasteiger charge is 2.29. The van der Waals surface area contributed by atoms with Gasteiger partial charge in [-0.25, -0.2) is 9.78 Å². The predicted octanol–water partition coefficient (Wildman–Crippen LogP) is 3.07. The summed E-state index contributed by atoms with van der Waals surface area (Å²) in [5.74, 6) is -1.38. The molecule has 0 spiro atoms. The molecule has 0 bridgehead atoms. The number of pyridine rings is 1. The van der Waals surface area contributed by atoms with Crippen LogP contribution in [0.4, 0.5) is 5.82 Å². The van der Waals surface area contributed by atoms with Crippen molar-refractivity contribution in [2.75, 3.05) is 18.8 Å². The lowest BCUT2D eigenvalue weighted by molar-refractivity contribution is 0.0696. The van der Waals surface area contributed by atoms with Gasteiger partial charge in [-0.2, -0.15) is 5.10 Å². The Kier molecular flexibility index (Phi) is 6.61. The van der Waals surface area contributed by atoms with Crippen molar-refractivity contribution in [3.05, 3.63) is 89.9 Å². The molecule has 4 aromatic rings. The number of aromatic carboxylic acids is 1. The van der Waals surface area contributed by atoms with Crippen LogP contribution in [0.15, 0.2) is 73.2 Å². The Labute approximate surface area is 218 Å². The van der Waals surface area contributed by atoms with Gasteiger partial charge < -0.3 is 21.1 Å². The maximum Gasteiger partial charge on any atom is 0.335 e. The van der Waals surface area contributed by atoms with Crippen LogP contribution < -0.4 is 11.1 Å². The van der Waals surface area contributed by atoms with Gasteiger partial charge in [0.25, 0.3) is 11.8 Å². The maximum absolute atomic E-state index is 13.2. The number of carboxylic acid groups (broad SMARTS) is 1. The van der Waals surface area contributed by atoms with Crippen LogP contribution in [0.2, 0.25) is 0 Å². The molecule has 1 aliphatic heterocycles. The second-order valence-corrected chi connectivity index (χ2v) is 9.24. The van der Waals surface area contributed by atoms with Crippen LogP contribution in [0.3, 0.4) is 0 Å². The average molecular weight is 511 g/mol. The molecular weight excluding hydrogens is 484 g/mol. The molecule has 1 saturated heterocycles. The van der Waals surface area contributed by atoms with Crippen molar-refractivity contribution >= 4 is 23.6 Å². The number of nitrogens with zero attached hydrogens (tertiary/aromatic N) is 4. The number of hydrogen-bond donors (Lipinski definition) is 3. The van der Waals surface area contributed by atoms with Crippen LogP contribution in [0.25, 0.3) is 22.3 Å². The molecule has 38 heavy (non-hydrogen) atoms. The van der Waals surface area contributed by atoms with Gasteiger partial charge in [0, 0.05) is 55.3 Å². The van der Waals surface area contributed by atoms with Gasteiger partial charge in [0.05, 0.1) is 17.3 Å². The molecule has 5 rings (SSSR count). The third kappa shape index (κ3) is 5.10. The quantitative estimate of drug-likeness (QED) is 0.362. The molecule has 0 radical (unpaired) electrons. The monoisotopic (exact) mass is 510 g/mol. The number of rotatable bonds is 6. The molecule has 1 aliphatic rings. The first kappa shape index (κ1) is 24.7. The SMILES string of the molecule is Cn1cc(-c2cnc(N)c(C(=O)N[C@@H]3CCN(C(=O)c4cccc(-c5cccc(C(=O)O)c5)c4)C3)c2)cn1. The van der Waals surface area contributed by atoms with Gasteiger partial charge in [-0.3, -0.25) is 14.3 Å². The number of aromatic nitrogens is 3. The molecule has 3 heterocycles. The van der Waals surface area contributed by atoms with Crippen LogP contribution in [0, 0.1) is 0 Å². The fourth-order valence-electron chi connectivity index (χ4n) is 4.56. The lowest BCUT2D eigenvalue weighted by Crippen LogP contribution is -2.38. The van der Waals surface area contributed by atoms with Crippen molar-refractivity contribution in [2.45, 2.75) is 12.5 Å². The zero-order chi connectivity index (χ0) is 26.8. The van der Waals surface area contributed by atoms with Gasteiger partial charge in [0.15, 0.2) is 0 Å². The first-order valence-corrected chi connectivity index (χ1v) is 12.1. The van der Waals surface area contributed by atoms with E-state index in [1.807, 2.05) is 19.3 Å². The van der Waals surface area contributed by atoms with E-state index in [0.29, 0.717) is 30.6 Å². The molecule has 1 atom stereocenters. The summed E-state index contributed by atoms with van der Waals surface area (Å²) in [4.78, 5) is 43.5. The van der Waals surface area contributed by atoms with Crippen LogP contribution >= 0.6 is 0 Å². The number of anilines is 1. The number of amides is 2. The van der Waals surface area contributed by atoms with Crippen molar-refractivity contribution < 1.29 is 19.5 Å². The summed E-state index contributed by atoms with van der Waals surface area (Å²) >= 11 is 0. The predicted molar refractivity (Wildman–Crippen MR) is 141 cm³/mol. The number of aryl methyl sites for hydroxylation is 1. The molecule has 0 unspecified atom stereocenters. The van der Waals surface area contributed by atoms with Crippen molar-refractivity contribution in [1.29, 1.82) is 0 Å². The van der Waals surface area contributed by atoms with Crippen molar-refractivity contribution in [1.82, 2.24) is 25.0 Å². The highest BCUT2D eigenvalue weighted by atomic mass is 16.4. The number of nitrogens with one attached hydrogen (secondary N) is 1. The summed E-state index contributed by atoms with van der Waals surface area (Å²) in [6.45, 7) is 0.852. The van der Waals surface area contributed by atoms with Gasteiger partial charge >= 0.3 is 5.97 Å². The third-order valence-electron chi connectivity index (χ3n) is 6.56. The molecule has 0 aliphatic carbocycles. The first-order chi connectivity index (χ1) is 18.3. The number of nitrogens with two attached hydrogens (primary N) is 1. The molecule has 10 nitrogen and oxygen atoms in total. The van der Waals surface area contributed by atoms with E-state index in [2.05, 4.69) is 15.4 Å². The Hall–Kier alpha value is -4.99. The van der Waals surface area contributed by atoms with Crippen molar-refractivity contribution in [3.63, 3.8) is 0 Å². The summed E-state index contributed by atoms with van der Waals surface area (Å²) in [6, 6.07) is 15.1. The molecule has 2 aromatic carbocycles. The highest BCUT2D eigenvalue weighted by molar-refractivity contribution is 6.00. The van der Waals surface area contributed by atoms with E-state index >= 15 is 0 Å². The van der Waals surface area contributed by atoms with Crippen molar-refractivity contribution in [2.24, 2.45) is 7.05 Å². The van der Waals surface area contributed by atoms with Gasteiger partial charge in [0.1, 0.15) is 5.82 Å². The van der Waals surface area contributed by atoms with Crippen LogP contribution in [-0.4, -0.2) is 61.7 Å². The number of benzene rings is 2. The standard InChI is InChI=1S/C28H26N6O4/c1-33-15-22(14-31-33)21-12-24(25(29)30-13-21)26(35)32-23-8-9-34(16-23)27(36)19-6-2-4-17(10-19)18-5-3-7-20(11-18)28(37)38/h2-7,10-15,23H,8-9,16H2,1H3,(H2,29,30)(H,32,35)(H,37,38)/t23-/m1/s1. The minimum atomic E-state index is -1.01. The average Bonchev–Trinajstić information content (AvgIpc) is 3.57. The number of carbonyl (C=O) groups excluding carboxylic acids is 2. The molecule has 2 amide bonds. The van der Waals surface area contributed by atoms with E-state index in [-0.39, 0.29) is 34.8 Å². The Morgan fingerprint density at radius 2 is 1.68 bits per heavy atom. The van der Waals surface area contributed by atoms with Gasteiger partial charge in [0.2, 0.25) is 0 Å². The first-order valence-electron chi connectivity index (χ1n) is 12.1. The molecule has 1 fully saturated rings. The number of hydrogen-bond acceptors (Lipinski definition) is 6. The molecule has 10 heteroatoms. The largest absolute Gasteiger partial charge is 0.478 e. The Morgan fingerprint density at radius 3 is 2.37 bits per heavy atom. The minimum Gasteiger partial charge on any atom is -0.478 e. The highest BCUT2D eigenvalue weighted by Crippen LogP contribution is 2.24. The summed E-state index contributed by atoms with van der Waals surface area (Å²) in [6.07, 6.45) is 5.72. The lowest BCUT2D eigenvalue weighted by atomic mass is 10.0. The summed E-state index contributed by atoms with van der Waals surface area (Å²) in [5.41, 5.74) is 9.96. The van der Waals surface area contributed by atoms with E-state index in [1.165, 1.54) is 6.07 Å². The summed E-state index contributed by atoms with van der Waals surface area (Å²) < 4.78 is 1.67. The van der Waals surface area contributed by atoms with E-state index in [1.54, 1.807) is 64.4 Å². The van der Waals surface area contributed by atoms with Crippen molar-refractivity contribution in [3.8, 4) is 22.3 Å². The fraction of sp³-hybridized carbons (Fsp3) is 0.179. The van der Waals surface area contributed by atoms with E-state index in [9.17, 15) is 19.5 Å². The Bertz CT molecular complexity index is 1550. The number of carboxylic acids is 1. The normalized spacial score (nSPS) is 14.9. The molecular formula is C28H26N6O4. The second-order valence-electron chi connectivity index (χ2n) is 9.24. The molecule has 2 aromatic heterocycles. The molecule has 0 saturated carbocycles. The smallest absolute Gasteiger partial charge is 0.335 e. The number of nitrogen functional groups attached to an aromatic ring is 1. The third-order valence-corrected chi connectivity index (χ3v) is 6.56. The van der Waals surface area contributed by atoms with Crippen LogP contribution in [-0.2, 0) is 7.05 Å². The lowest BCUT2D eigenvalue weighted by Gasteiger charge is -2.18. The fourth-order valence-corrected chi connectivity index (χ4v) is 4.56.